The van der Waals surface area contributed by atoms with Gasteiger partial charge in [0.2, 0.25) is 0 Å². The van der Waals surface area contributed by atoms with Crippen LogP contribution in [0.3, 0.4) is 0 Å². The number of urea groups is 1. The van der Waals surface area contributed by atoms with Gasteiger partial charge in [0.05, 0.1) is 6.61 Å². The van der Waals surface area contributed by atoms with Crippen LogP contribution >= 0.6 is 0 Å². The third kappa shape index (κ3) is 5.00. The number of nitrogens with one attached hydrogen (secondary N) is 2. The summed E-state index contributed by atoms with van der Waals surface area (Å²) in [5, 5.41) is 15.1. The molecular weight excluding hydrogens is 278 g/mol. The minimum atomic E-state index is -0.138. The molecule has 5 nitrogen and oxygen atoms in total. The second-order valence-corrected chi connectivity index (χ2v) is 5.89. The van der Waals surface area contributed by atoms with Crippen molar-refractivity contribution in [3.63, 3.8) is 0 Å². The first-order valence-electron chi connectivity index (χ1n) is 8.14. The van der Waals surface area contributed by atoms with Crippen molar-refractivity contribution in [3.8, 4) is 0 Å². The molecule has 1 fully saturated rings. The van der Waals surface area contributed by atoms with Crippen LogP contribution in [0, 0.1) is 5.92 Å². The van der Waals surface area contributed by atoms with Crippen molar-refractivity contribution >= 4 is 6.03 Å². The molecule has 3 N–H and O–H groups in total. The zero-order chi connectivity index (χ0) is 15.8. The van der Waals surface area contributed by atoms with Gasteiger partial charge in [-0.2, -0.15) is 0 Å². The summed E-state index contributed by atoms with van der Waals surface area (Å²) in [6.07, 6.45) is 2.40. The van der Waals surface area contributed by atoms with Gasteiger partial charge in [-0.25, -0.2) is 4.79 Å². The SMILES string of the molecule is CCN1CCCC(CNC(=O)NCc2ccccc2CO)C1. The van der Waals surface area contributed by atoms with Gasteiger partial charge < -0.3 is 20.6 Å². The first kappa shape index (κ1) is 16.8. The van der Waals surface area contributed by atoms with Gasteiger partial charge in [-0.1, -0.05) is 31.2 Å². The van der Waals surface area contributed by atoms with Crippen LogP contribution in [-0.4, -0.2) is 42.2 Å². The van der Waals surface area contributed by atoms with Gasteiger partial charge in [0.1, 0.15) is 0 Å². The van der Waals surface area contributed by atoms with Crippen molar-refractivity contribution in [2.75, 3.05) is 26.2 Å². The number of amides is 2. The Morgan fingerprint density at radius 1 is 1.32 bits per heavy atom. The quantitative estimate of drug-likeness (QED) is 0.750. The standard InChI is InChI=1S/C17H27N3O2/c1-2-20-9-5-6-14(12-20)10-18-17(22)19-11-15-7-3-4-8-16(15)13-21/h3-4,7-8,14,21H,2,5-6,9-13H2,1H3,(H2,18,19,22). The van der Waals surface area contributed by atoms with E-state index in [2.05, 4.69) is 22.5 Å². The normalized spacial score (nSPS) is 18.9. The molecule has 2 rings (SSSR count). The Morgan fingerprint density at radius 2 is 2.09 bits per heavy atom. The highest BCUT2D eigenvalue weighted by atomic mass is 16.3. The molecule has 0 bridgehead atoms. The van der Waals surface area contributed by atoms with Gasteiger partial charge >= 0.3 is 6.03 Å². The molecule has 5 heteroatoms. The highest BCUT2D eigenvalue weighted by Gasteiger charge is 2.19. The average Bonchev–Trinajstić information content (AvgIpc) is 2.58. The number of hydrogen-bond donors (Lipinski definition) is 3. The Labute approximate surface area is 132 Å². The summed E-state index contributed by atoms with van der Waals surface area (Å²) in [6, 6.07) is 7.46. The Morgan fingerprint density at radius 3 is 2.82 bits per heavy atom. The second kappa shape index (κ2) is 8.76. The van der Waals surface area contributed by atoms with Crippen molar-refractivity contribution < 1.29 is 9.90 Å². The molecule has 0 aromatic heterocycles. The van der Waals surface area contributed by atoms with E-state index in [1.165, 1.54) is 19.4 Å². The molecule has 1 unspecified atom stereocenters. The summed E-state index contributed by atoms with van der Waals surface area (Å²) in [5.41, 5.74) is 1.81. The maximum Gasteiger partial charge on any atom is 0.315 e. The molecule has 1 aromatic rings. The lowest BCUT2D eigenvalue weighted by molar-refractivity contribution is 0.179. The maximum atomic E-state index is 11.9. The van der Waals surface area contributed by atoms with Crippen molar-refractivity contribution in [1.29, 1.82) is 0 Å². The van der Waals surface area contributed by atoms with Crippen LogP contribution in [0.5, 0.6) is 0 Å². The zero-order valence-corrected chi connectivity index (χ0v) is 13.3. The average molecular weight is 305 g/mol. The van der Waals surface area contributed by atoms with E-state index in [1.807, 2.05) is 24.3 Å². The predicted octanol–water partition coefficient (Wildman–Crippen LogP) is 1.71. The first-order chi connectivity index (χ1) is 10.7. The molecule has 22 heavy (non-hydrogen) atoms. The smallest absolute Gasteiger partial charge is 0.315 e. The third-order valence-electron chi connectivity index (χ3n) is 4.33. The molecule has 0 aliphatic carbocycles. The summed E-state index contributed by atoms with van der Waals surface area (Å²) < 4.78 is 0. The zero-order valence-electron chi connectivity index (χ0n) is 13.3. The summed E-state index contributed by atoms with van der Waals surface area (Å²) in [7, 11) is 0. The van der Waals surface area contributed by atoms with E-state index in [-0.39, 0.29) is 12.6 Å². The van der Waals surface area contributed by atoms with Crippen LogP contribution in [0.2, 0.25) is 0 Å². The number of aliphatic hydroxyl groups is 1. The summed E-state index contributed by atoms with van der Waals surface area (Å²) >= 11 is 0. The van der Waals surface area contributed by atoms with Crippen LogP contribution in [0.15, 0.2) is 24.3 Å². The number of carbonyl (C=O) groups excluding carboxylic acids is 1. The summed E-state index contributed by atoms with van der Waals surface area (Å²) in [6.45, 7) is 6.68. The summed E-state index contributed by atoms with van der Waals surface area (Å²) in [5.74, 6) is 0.546. The van der Waals surface area contributed by atoms with E-state index in [0.717, 1.165) is 30.8 Å². The first-order valence-corrected chi connectivity index (χ1v) is 8.14. The molecule has 122 valence electrons. The Kier molecular flexibility index (Phi) is 6.68. The number of carbonyl (C=O) groups is 1. The summed E-state index contributed by atoms with van der Waals surface area (Å²) in [4.78, 5) is 14.3. The second-order valence-electron chi connectivity index (χ2n) is 5.89. The molecule has 0 spiro atoms. The minimum absolute atomic E-state index is 0.00556. The van der Waals surface area contributed by atoms with Gasteiger partial charge in [0.25, 0.3) is 0 Å². The number of rotatable bonds is 6. The number of nitrogens with zero attached hydrogens (tertiary/aromatic N) is 1. The number of benzene rings is 1. The van der Waals surface area contributed by atoms with E-state index in [4.69, 9.17) is 0 Å². The monoisotopic (exact) mass is 305 g/mol. The molecule has 1 atom stereocenters. The van der Waals surface area contributed by atoms with Gasteiger partial charge in [0, 0.05) is 19.6 Å². The highest BCUT2D eigenvalue weighted by molar-refractivity contribution is 5.73. The number of aliphatic hydroxyl groups excluding tert-OH is 1. The molecule has 1 heterocycles. The third-order valence-corrected chi connectivity index (χ3v) is 4.33. The molecule has 1 aromatic carbocycles. The maximum absolute atomic E-state index is 11.9. The van der Waals surface area contributed by atoms with Crippen molar-refractivity contribution in [1.82, 2.24) is 15.5 Å². The Hall–Kier alpha value is -1.59. The van der Waals surface area contributed by atoms with Crippen LogP contribution in [0.1, 0.15) is 30.9 Å². The van der Waals surface area contributed by atoms with E-state index in [1.54, 1.807) is 0 Å². The Bertz CT molecular complexity index is 479. The molecule has 1 aliphatic heterocycles. The topological polar surface area (TPSA) is 64.6 Å². The number of hydrogen-bond acceptors (Lipinski definition) is 3. The van der Waals surface area contributed by atoms with Crippen molar-refractivity contribution in [2.24, 2.45) is 5.92 Å². The number of likely N-dealkylation sites (tertiary alicyclic amines) is 1. The molecular formula is C17H27N3O2. The van der Waals surface area contributed by atoms with Crippen LogP contribution < -0.4 is 10.6 Å². The van der Waals surface area contributed by atoms with E-state index in [0.29, 0.717) is 12.5 Å². The molecule has 0 saturated carbocycles. The lowest BCUT2D eigenvalue weighted by atomic mass is 9.98. The molecule has 1 saturated heterocycles. The fourth-order valence-electron chi connectivity index (χ4n) is 2.96. The molecule has 1 aliphatic rings. The van der Waals surface area contributed by atoms with Gasteiger partial charge in [-0.05, 0) is 43.0 Å². The van der Waals surface area contributed by atoms with Crippen LogP contribution in [0.4, 0.5) is 4.79 Å². The van der Waals surface area contributed by atoms with Crippen molar-refractivity contribution in [2.45, 2.75) is 32.9 Å². The fraction of sp³-hybridized carbons (Fsp3) is 0.588. The van der Waals surface area contributed by atoms with Gasteiger partial charge in [-0.3, -0.25) is 0 Å². The van der Waals surface area contributed by atoms with E-state index < -0.39 is 0 Å². The fourth-order valence-corrected chi connectivity index (χ4v) is 2.96. The van der Waals surface area contributed by atoms with Gasteiger partial charge in [-0.15, -0.1) is 0 Å². The lowest BCUT2D eigenvalue weighted by Gasteiger charge is -2.31. The Balaban J connectivity index is 1.72. The predicted molar refractivity (Wildman–Crippen MR) is 87.4 cm³/mol. The van der Waals surface area contributed by atoms with E-state index >= 15 is 0 Å². The van der Waals surface area contributed by atoms with Crippen LogP contribution in [-0.2, 0) is 13.2 Å². The lowest BCUT2D eigenvalue weighted by Crippen LogP contribution is -2.43. The molecule has 2 amide bonds. The largest absolute Gasteiger partial charge is 0.392 e. The number of piperidine rings is 1. The minimum Gasteiger partial charge on any atom is -0.392 e. The molecule has 0 radical (unpaired) electrons. The van der Waals surface area contributed by atoms with Gasteiger partial charge in [0.15, 0.2) is 0 Å². The van der Waals surface area contributed by atoms with Crippen molar-refractivity contribution in [3.05, 3.63) is 35.4 Å². The van der Waals surface area contributed by atoms with E-state index in [9.17, 15) is 9.90 Å². The van der Waals surface area contributed by atoms with Crippen LogP contribution in [0.25, 0.3) is 0 Å². The highest BCUT2D eigenvalue weighted by Crippen LogP contribution is 2.15.